The van der Waals surface area contributed by atoms with E-state index in [1.807, 2.05) is 0 Å². The van der Waals surface area contributed by atoms with Gasteiger partial charge in [-0.3, -0.25) is 0 Å². The van der Waals surface area contributed by atoms with Gasteiger partial charge in [-0.15, -0.1) is 0 Å². The summed E-state index contributed by atoms with van der Waals surface area (Å²) in [5.41, 5.74) is -1.88. The monoisotopic (exact) mass is 262 g/mol. The second-order valence-electron chi connectivity index (χ2n) is 2.07. The van der Waals surface area contributed by atoms with Crippen LogP contribution in [0.15, 0.2) is 0 Å². The van der Waals surface area contributed by atoms with Gasteiger partial charge in [0.15, 0.2) is 5.44 Å². The maximum atomic E-state index is 10.4. The minimum Gasteiger partial charge on any atom is -0.870 e. The Kier molecular flexibility index (Phi) is 20.8. The van der Waals surface area contributed by atoms with Crippen molar-refractivity contribution in [1.29, 1.82) is 0 Å². The largest absolute Gasteiger partial charge is 1.00 e. The number of aliphatic hydroxyl groups excluding tert-OH is 2. The molecule has 0 aliphatic heterocycles. The van der Waals surface area contributed by atoms with Crippen LogP contribution in [0.2, 0.25) is 0 Å². The summed E-state index contributed by atoms with van der Waals surface area (Å²) >= 11 is 0. The molecule has 0 radical (unpaired) electrons. The van der Waals surface area contributed by atoms with Crippen LogP contribution in [0.1, 0.15) is 6.92 Å². The number of aliphatic hydroxyl groups is 2. The summed E-state index contributed by atoms with van der Waals surface area (Å²) in [5, 5.41) is 17.2. The van der Waals surface area contributed by atoms with Gasteiger partial charge in [-0.2, -0.15) is 0 Å². The minimum atomic E-state index is -4.72. The van der Waals surface area contributed by atoms with E-state index in [0.29, 0.717) is 0 Å². The molecule has 0 aromatic carbocycles. The van der Waals surface area contributed by atoms with Crippen molar-refractivity contribution in [2.24, 2.45) is 0 Å². The van der Waals surface area contributed by atoms with E-state index < -0.39 is 28.3 Å². The average Bonchev–Trinajstić information content (AvgIpc) is 1.96. The smallest absolute Gasteiger partial charge is 0.870 e. The van der Waals surface area contributed by atoms with Gasteiger partial charge in [0.25, 0.3) is 0 Å². The molecule has 0 aromatic heterocycles. The van der Waals surface area contributed by atoms with Crippen molar-refractivity contribution in [3.05, 3.63) is 0 Å². The van der Waals surface area contributed by atoms with Gasteiger partial charge in [0.1, 0.15) is 16.2 Å². The fraction of sp³-hybridized carbons (Fsp3) is 1.00. The first-order valence-corrected chi connectivity index (χ1v) is 4.75. The van der Waals surface area contributed by atoms with Crippen molar-refractivity contribution >= 4 is 10.1 Å². The van der Waals surface area contributed by atoms with Gasteiger partial charge in [0.05, 0.1) is 6.61 Å². The third kappa shape index (κ3) is 10.6. The molecule has 0 bridgehead atoms. The number of hydrogen-bond donors (Lipinski definition) is 2. The molecular weight excluding hydrogens is 250 g/mol. The topological polar surface area (TPSA) is 137 Å². The molecule has 10 heteroatoms. The van der Waals surface area contributed by atoms with Gasteiger partial charge in [-0.1, -0.05) is 0 Å². The Morgan fingerprint density at radius 2 is 1.80 bits per heavy atom. The predicted molar refractivity (Wildman–Crippen MR) is 40.1 cm³/mol. The Labute approximate surface area is 133 Å². The zero-order valence-corrected chi connectivity index (χ0v) is 13.8. The molecule has 0 fully saturated rings. The third-order valence-electron chi connectivity index (χ3n) is 1.12. The van der Waals surface area contributed by atoms with E-state index in [4.69, 9.17) is 10.2 Å². The second-order valence-corrected chi connectivity index (χ2v) is 3.52. The van der Waals surface area contributed by atoms with E-state index in [-0.39, 0.29) is 71.2 Å². The molecule has 0 spiro atoms. The summed E-state index contributed by atoms with van der Waals surface area (Å²) in [6, 6.07) is 0. The molecule has 15 heavy (non-hydrogen) atoms. The van der Waals surface area contributed by atoms with Crippen LogP contribution in [0.4, 0.5) is 0 Å². The zero-order chi connectivity index (χ0) is 9.78. The molecule has 0 rings (SSSR count). The predicted octanol–water partition coefficient (Wildman–Crippen LogP) is -7.92. The Morgan fingerprint density at radius 3 is 2.00 bits per heavy atom. The second kappa shape index (κ2) is 12.2. The van der Waals surface area contributed by atoms with Crippen LogP contribution in [-0.2, 0) is 14.9 Å². The molecule has 2 atom stereocenters. The van der Waals surface area contributed by atoms with E-state index in [2.05, 4.69) is 4.74 Å². The maximum absolute atomic E-state index is 10.4. The maximum Gasteiger partial charge on any atom is 1.00 e. The van der Waals surface area contributed by atoms with Crippen molar-refractivity contribution < 1.29 is 92.5 Å². The van der Waals surface area contributed by atoms with Crippen LogP contribution in [0.5, 0.6) is 0 Å². The van der Waals surface area contributed by atoms with Gasteiger partial charge in [0, 0.05) is 6.61 Å². The van der Waals surface area contributed by atoms with Crippen LogP contribution in [-0.4, -0.2) is 53.4 Å². The van der Waals surface area contributed by atoms with Gasteiger partial charge < -0.3 is 25.0 Å². The van der Waals surface area contributed by atoms with Crippen molar-refractivity contribution in [1.82, 2.24) is 0 Å². The van der Waals surface area contributed by atoms with Crippen LogP contribution in [0.3, 0.4) is 0 Å². The molecule has 0 saturated carbocycles. The van der Waals surface area contributed by atoms with Crippen LogP contribution in [0.25, 0.3) is 0 Å². The average molecular weight is 262 g/mol. The first-order chi connectivity index (χ1) is 5.43. The quantitative estimate of drug-likeness (QED) is 0.370. The molecule has 82 valence electrons. The van der Waals surface area contributed by atoms with Crippen LogP contribution in [0, 0.1) is 0 Å². The first kappa shape index (κ1) is 25.6. The molecule has 0 heterocycles. The summed E-state index contributed by atoms with van der Waals surface area (Å²) in [7, 11) is -4.72. The van der Waals surface area contributed by atoms with E-state index in [1.54, 1.807) is 0 Å². The summed E-state index contributed by atoms with van der Waals surface area (Å²) < 4.78 is 35.6. The Bertz CT molecular complexity index is 219. The molecule has 2 unspecified atom stereocenters. The molecule has 0 saturated heterocycles. The molecule has 0 amide bonds. The number of ether oxygens (including phenoxy) is 1. The summed E-state index contributed by atoms with van der Waals surface area (Å²) in [4.78, 5) is 0. The summed E-state index contributed by atoms with van der Waals surface area (Å²) in [5.74, 6) is 0. The van der Waals surface area contributed by atoms with Crippen LogP contribution >= 0.6 is 0 Å². The van der Waals surface area contributed by atoms with Gasteiger partial charge in [0.2, 0.25) is 0 Å². The van der Waals surface area contributed by atoms with Gasteiger partial charge in [-0.05, 0) is 6.92 Å². The Hall–Kier alpha value is 1.75. The number of rotatable bonds is 5. The summed E-state index contributed by atoms with van der Waals surface area (Å²) in [6.45, 7) is 0.623. The minimum absolute atomic E-state index is 0. The van der Waals surface area contributed by atoms with Crippen molar-refractivity contribution in [2.75, 3.05) is 13.2 Å². The molecule has 0 aromatic rings. The fourth-order valence-electron chi connectivity index (χ4n) is 0.637. The van der Waals surface area contributed by atoms with Crippen LogP contribution < -0.4 is 59.1 Å². The molecule has 7 nitrogen and oxygen atoms in total. The normalized spacial score (nSPS) is 13.9. The first-order valence-electron chi connectivity index (χ1n) is 3.28. The number of hydrogen-bond acceptors (Lipinski definition) is 7. The van der Waals surface area contributed by atoms with E-state index in [9.17, 15) is 13.0 Å². The van der Waals surface area contributed by atoms with Crippen molar-refractivity contribution in [3.63, 3.8) is 0 Å². The van der Waals surface area contributed by atoms with E-state index >= 15 is 0 Å². The van der Waals surface area contributed by atoms with E-state index in [0.717, 1.165) is 0 Å². The fourth-order valence-corrected chi connectivity index (χ4v) is 1.41. The molecule has 0 aliphatic rings. The molecular formula is C5H12Na2O7S. The van der Waals surface area contributed by atoms with E-state index in [1.165, 1.54) is 6.92 Å². The van der Waals surface area contributed by atoms with Crippen molar-refractivity contribution in [2.45, 2.75) is 18.5 Å². The van der Waals surface area contributed by atoms with Gasteiger partial charge >= 0.3 is 59.1 Å². The Balaban J connectivity index is -0.000000202. The standard InChI is InChI=1S/C5H12O6S.2Na.H2O/c1-2-11-5(4(7)3-6)12(8,9)10;;;/h4-7H,2-3H2,1H3,(H,8,9,10);;;1H2/q;2*+1;/p-2. The van der Waals surface area contributed by atoms with Gasteiger partial charge in [-0.25, -0.2) is 8.42 Å². The zero-order valence-electron chi connectivity index (χ0n) is 8.95. The molecule has 3 N–H and O–H groups in total. The summed E-state index contributed by atoms with van der Waals surface area (Å²) in [6.07, 6.45) is -1.69. The third-order valence-corrected chi connectivity index (χ3v) is 2.14. The Morgan fingerprint density at radius 1 is 1.40 bits per heavy atom. The SMILES string of the molecule is CCOC(C(O)CO)S(=O)(=O)[O-].[Na+].[Na+].[OH-]. The molecule has 0 aliphatic carbocycles. The van der Waals surface area contributed by atoms with Crippen molar-refractivity contribution in [3.8, 4) is 0 Å².